The molecule has 1 saturated carbocycles. The summed E-state index contributed by atoms with van der Waals surface area (Å²) in [6, 6.07) is 20.4. The monoisotopic (exact) mass is 481 g/mol. The molecule has 7 heteroatoms. The van der Waals surface area contributed by atoms with E-state index in [1.54, 1.807) is 20.3 Å². The first-order valence-corrected chi connectivity index (χ1v) is 12.9. The third kappa shape index (κ3) is 5.78. The molecule has 4 rings (SSSR count). The van der Waals surface area contributed by atoms with Gasteiger partial charge < -0.3 is 14.6 Å². The fourth-order valence-electron chi connectivity index (χ4n) is 4.00. The molecule has 0 spiro atoms. The number of methoxy groups -OCH3 is 2. The Morgan fingerprint density at radius 2 is 1.35 bits per heavy atom. The Hall–Kier alpha value is -2.87. The molecule has 1 N–H and O–H groups in total. The number of rotatable bonds is 11. The molecule has 0 heterocycles. The molecular weight excluding hydrogens is 450 g/mol. The van der Waals surface area contributed by atoms with E-state index in [4.69, 9.17) is 9.47 Å². The van der Waals surface area contributed by atoms with Crippen molar-refractivity contribution in [2.24, 2.45) is 0 Å². The van der Waals surface area contributed by atoms with Gasteiger partial charge in [-0.05, 0) is 83.8 Å². The lowest BCUT2D eigenvalue weighted by molar-refractivity contribution is 0.299. The molecule has 1 fully saturated rings. The van der Waals surface area contributed by atoms with Crippen LogP contribution in [0.15, 0.2) is 71.6 Å². The normalized spacial score (nSPS) is 13.8. The highest BCUT2D eigenvalue weighted by molar-refractivity contribution is 7.89. The zero-order valence-corrected chi connectivity index (χ0v) is 20.4. The van der Waals surface area contributed by atoms with Crippen LogP contribution in [0.25, 0.3) is 0 Å². The van der Waals surface area contributed by atoms with Crippen LogP contribution in [-0.2, 0) is 29.5 Å². The van der Waals surface area contributed by atoms with Crippen LogP contribution < -0.4 is 9.47 Å². The molecule has 0 amide bonds. The smallest absolute Gasteiger partial charge is 0.243 e. The average molecular weight is 482 g/mol. The van der Waals surface area contributed by atoms with Crippen LogP contribution in [0.4, 0.5) is 0 Å². The second kappa shape index (κ2) is 10.6. The first-order chi connectivity index (χ1) is 16.4. The van der Waals surface area contributed by atoms with Crippen LogP contribution in [0.1, 0.15) is 41.0 Å². The van der Waals surface area contributed by atoms with Gasteiger partial charge in [0.05, 0.1) is 19.1 Å². The third-order valence-corrected chi connectivity index (χ3v) is 7.88. The number of sulfonamides is 1. The van der Waals surface area contributed by atoms with E-state index >= 15 is 0 Å². The standard InChI is InChI=1S/C27H31NO5S/c1-32-25-9-3-20(4-10-25)18-28(19-21-5-11-26(33-2)12-6-21)34(30,31)27-16-22(13-14-29)15-24(17-27)23-7-8-23/h3-6,9-12,15-17,23,29H,7-8,13-14,18-19H2,1-2H3. The van der Waals surface area contributed by atoms with Gasteiger partial charge in [0, 0.05) is 19.7 Å². The van der Waals surface area contributed by atoms with Crippen molar-refractivity contribution in [2.45, 2.75) is 43.2 Å². The first-order valence-electron chi connectivity index (χ1n) is 11.4. The molecule has 1 aliphatic carbocycles. The van der Waals surface area contributed by atoms with Crippen molar-refractivity contribution in [2.75, 3.05) is 20.8 Å². The van der Waals surface area contributed by atoms with Gasteiger partial charge in [0.25, 0.3) is 0 Å². The van der Waals surface area contributed by atoms with Crippen molar-refractivity contribution in [1.82, 2.24) is 4.31 Å². The number of benzene rings is 3. The highest BCUT2D eigenvalue weighted by Crippen LogP contribution is 2.41. The molecule has 34 heavy (non-hydrogen) atoms. The molecule has 0 saturated heterocycles. The highest BCUT2D eigenvalue weighted by atomic mass is 32.2. The van der Waals surface area contributed by atoms with E-state index in [1.807, 2.05) is 60.7 Å². The van der Waals surface area contributed by atoms with E-state index in [0.29, 0.717) is 12.3 Å². The second-order valence-corrected chi connectivity index (χ2v) is 10.6. The SMILES string of the molecule is COc1ccc(CN(Cc2ccc(OC)cc2)S(=O)(=O)c2cc(CCO)cc(C3CC3)c2)cc1. The summed E-state index contributed by atoms with van der Waals surface area (Å²) >= 11 is 0. The maximum absolute atomic E-state index is 14.0. The molecule has 1 aliphatic rings. The first kappa shape index (κ1) is 24.3. The Bertz CT molecular complexity index is 1150. The van der Waals surface area contributed by atoms with Gasteiger partial charge >= 0.3 is 0 Å². The Labute approximate surface area is 201 Å². The van der Waals surface area contributed by atoms with Crippen LogP contribution in [0.3, 0.4) is 0 Å². The number of aliphatic hydroxyl groups is 1. The van der Waals surface area contributed by atoms with Gasteiger partial charge in [-0.15, -0.1) is 0 Å². The third-order valence-electron chi connectivity index (χ3n) is 6.11. The van der Waals surface area contributed by atoms with Gasteiger partial charge in [-0.25, -0.2) is 8.42 Å². The minimum Gasteiger partial charge on any atom is -0.497 e. The summed E-state index contributed by atoms with van der Waals surface area (Å²) in [7, 11) is -0.602. The van der Waals surface area contributed by atoms with E-state index in [9.17, 15) is 13.5 Å². The topological polar surface area (TPSA) is 76.1 Å². The molecule has 3 aromatic carbocycles. The van der Waals surface area contributed by atoms with E-state index in [0.717, 1.165) is 46.6 Å². The molecular formula is C27H31NO5S. The zero-order valence-electron chi connectivity index (χ0n) is 19.6. The van der Waals surface area contributed by atoms with Crippen LogP contribution in [-0.4, -0.2) is 38.7 Å². The quantitative estimate of drug-likeness (QED) is 0.436. The fraction of sp³-hybridized carbons (Fsp3) is 0.333. The molecule has 0 atom stereocenters. The van der Waals surface area contributed by atoms with E-state index in [1.165, 1.54) is 4.31 Å². The lowest BCUT2D eigenvalue weighted by atomic mass is 10.1. The van der Waals surface area contributed by atoms with Crippen molar-refractivity contribution >= 4 is 10.0 Å². The molecule has 6 nitrogen and oxygen atoms in total. The number of nitrogens with zero attached hydrogens (tertiary/aromatic N) is 1. The molecule has 0 radical (unpaired) electrons. The summed E-state index contributed by atoms with van der Waals surface area (Å²) < 4.78 is 39.9. The van der Waals surface area contributed by atoms with E-state index in [-0.39, 0.29) is 24.6 Å². The van der Waals surface area contributed by atoms with Crippen LogP contribution in [0.5, 0.6) is 11.5 Å². The van der Waals surface area contributed by atoms with Crippen molar-refractivity contribution in [3.05, 3.63) is 89.0 Å². The highest BCUT2D eigenvalue weighted by Gasteiger charge is 2.29. The lowest BCUT2D eigenvalue weighted by Gasteiger charge is -2.24. The minimum absolute atomic E-state index is 0.0188. The zero-order chi connectivity index (χ0) is 24.1. The Kier molecular flexibility index (Phi) is 7.56. The van der Waals surface area contributed by atoms with Gasteiger partial charge in [0.15, 0.2) is 0 Å². The molecule has 3 aromatic rings. The van der Waals surface area contributed by atoms with Gasteiger partial charge in [0.1, 0.15) is 11.5 Å². The van der Waals surface area contributed by atoms with Gasteiger partial charge in [-0.1, -0.05) is 30.3 Å². The molecule has 180 valence electrons. The number of hydrogen-bond donors (Lipinski definition) is 1. The van der Waals surface area contributed by atoms with Crippen molar-refractivity contribution < 1.29 is 23.0 Å². The number of aliphatic hydroxyl groups excluding tert-OH is 1. The molecule has 0 aliphatic heterocycles. The maximum atomic E-state index is 14.0. The summed E-state index contributed by atoms with van der Waals surface area (Å²) in [6.45, 7) is 0.428. The fourth-order valence-corrected chi connectivity index (χ4v) is 5.53. The van der Waals surface area contributed by atoms with Gasteiger partial charge in [-0.3, -0.25) is 0 Å². The average Bonchev–Trinajstić information content (AvgIpc) is 3.70. The Morgan fingerprint density at radius 1 is 0.824 bits per heavy atom. The van der Waals surface area contributed by atoms with Gasteiger partial charge in [0.2, 0.25) is 10.0 Å². The summed E-state index contributed by atoms with van der Waals surface area (Å²) in [6.07, 6.45) is 2.58. The van der Waals surface area contributed by atoms with E-state index in [2.05, 4.69) is 0 Å². The molecule has 0 bridgehead atoms. The maximum Gasteiger partial charge on any atom is 0.243 e. The predicted octanol–water partition coefficient (Wildman–Crippen LogP) is 4.51. The summed E-state index contributed by atoms with van der Waals surface area (Å²) in [5.74, 6) is 1.85. The van der Waals surface area contributed by atoms with Crippen molar-refractivity contribution in [3.8, 4) is 11.5 Å². The second-order valence-electron chi connectivity index (χ2n) is 8.63. The molecule has 0 unspecified atom stereocenters. The minimum atomic E-state index is -3.81. The molecule has 0 aromatic heterocycles. The summed E-state index contributed by atoms with van der Waals surface area (Å²) in [5, 5.41) is 9.46. The van der Waals surface area contributed by atoms with Crippen molar-refractivity contribution in [1.29, 1.82) is 0 Å². The van der Waals surface area contributed by atoms with Crippen LogP contribution >= 0.6 is 0 Å². The van der Waals surface area contributed by atoms with Crippen LogP contribution in [0.2, 0.25) is 0 Å². The Balaban J connectivity index is 1.70. The predicted molar refractivity (Wildman–Crippen MR) is 132 cm³/mol. The summed E-state index contributed by atoms with van der Waals surface area (Å²) in [4.78, 5) is 0.280. The summed E-state index contributed by atoms with van der Waals surface area (Å²) in [5.41, 5.74) is 3.62. The van der Waals surface area contributed by atoms with Gasteiger partial charge in [-0.2, -0.15) is 4.31 Å². The lowest BCUT2D eigenvalue weighted by Crippen LogP contribution is -2.30. The van der Waals surface area contributed by atoms with Crippen molar-refractivity contribution in [3.63, 3.8) is 0 Å². The number of ether oxygens (including phenoxy) is 2. The van der Waals surface area contributed by atoms with E-state index < -0.39 is 10.0 Å². The number of hydrogen-bond acceptors (Lipinski definition) is 5. The van der Waals surface area contributed by atoms with Crippen LogP contribution in [0, 0.1) is 0 Å². The Morgan fingerprint density at radius 3 is 1.79 bits per heavy atom. The largest absolute Gasteiger partial charge is 0.497 e.